The summed E-state index contributed by atoms with van der Waals surface area (Å²) >= 11 is 1.62. The molecule has 2 aromatic heterocycles. The minimum absolute atomic E-state index is 0.296. The van der Waals surface area contributed by atoms with Gasteiger partial charge < -0.3 is 4.42 Å². The molecule has 1 fully saturated rings. The first-order valence-electron chi connectivity index (χ1n) is 5.61. The molecule has 0 atom stereocenters. The van der Waals surface area contributed by atoms with Crippen LogP contribution in [-0.4, -0.2) is 4.98 Å². The second kappa shape index (κ2) is 3.44. The van der Waals surface area contributed by atoms with Crippen molar-refractivity contribution in [2.45, 2.75) is 32.1 Å². The number of hydrogen-bond donors (Lipinski definition) is 0. The number of nitriles is 1. The van der Waals surface area contributed by atoms with Gasteiger partial charge in [0.2, 0.25) is 0 Å². The standard InChI is InChI=1S/C13H12N2OS/c1-8-3-4-10(16-8)11-9(2)17-12(15-11)13(7-14)5-6-13/h3-4H,5-6H2,1-2H3. The Bertz CT molecular complexity index is 614. The van der Waals surface area contributed by atoms with Gasteiger partial charge in [-0.05, 0) is 38.8 Å². The van der Waals surface area contributed by atoms with E-state index in [0.717, 1.165) is 39.9 Å². The van der Waals surface area contributed by atoms with E-state index >= 15 is 0 Å². The summed E-state index contributed by atoms with van der Waals surface area (Å²) in [6.07, 6.45) is 1.88. The van der Waals surface area contributed by atoms with Crippen molar-refractivity contribution in [1.29, 1.82) is 5.26 Å². The van der Waals surface area contributed by atoms with E-state index in [-0.39, 0.29) is 5.41 Å². The van der Waals surface area contributed by atoms with E-state index in [4.69, 9.17) is 4.42 Å². The summed E-state index contributed by atoms with van der Waals surface area (Å²) < 4.78 is 5.59. The second-order valence-corrected chi connectivity index (χ2v) is 5.73. The number of rotatable bonds is 2. The number of nitrogens with zero attached hydrogens (tertiary/aromatic N) is 2. The first-order chi connectivity index (χ1) is 8.14. The molecule has 4 heteroatoms. The normalized spacial score (nSPS) is 16.8. The highest BCUT2D eigenvalue weighted by Gasteiger charge is 2.48. The smallest absolute Gasteiger partial charge is 0.153 e. The van der Waals surface area contributed by atoms with Crippen molar-refractivity contribution >= 4 is 11.3 Å². The summed E-state index contributed by atoms with van der Waals surface area (Å²) in [5.41, 5.74) is 0.592. The predicted octanol–water partition coefficient (Wildman–Crippen LogP) is 3.58. The van der Waals surface area contributed by atoms with Gasteiger partial charge in [-0.3, -0.25) is 0 Å². The Kier molecular flexibility index (Phi) is 2.14. The van der Waals surface area contributed by atoms with E-state index in [1.54, 1.807) is 11.3 Å². The number of aromatic nitrogens is 1. The summed E-state index contributed by atoms with van der Waals surface area (Å²) in [5, 5.41) is 10.1. The molecule has 17 heavy (non-hydrogen) atoms. The van der Waals surface area contributed by atoms with Crippen LogP contribution in [0.3, 0.4) is 0 Å². The third-order valence-corrected chi connectivity index (χ3v) is 4.32. The van der Waals surface area contributed by atoms with Crippen molar-refractivity contribution < 1.29 is 4.42 Å². The van der Waals surface area contributed by atoms with Crippen LogP contribution in [0.25, 0.3) is 11.5 Å². The number of thiazole rings is 1. The van der Waals surface area contributed by atoms with Crippen molar-refractivity contribution in [3.8, 4) is 17.5 Å². The minimum atomic E-state index is -0.296. The molecule has 0 saturated heterocycles. The molecule has 1 aliphatic rings. The molecule has 0 spiro atoms. The molecule has 1 aliphatic carbocycles. The average molecular weight is 244 g/mol. The van der Waals surface area contributed by atoms with Crippen molar-refractivity contribution in [2.75, 3.05) is 0 Å². The lowest BCUT2D eigenvalue weighted by molar-refractivity contribution is 0.546. The van der Waals surface area contributed by atoms with Crippen LogP contribution in [0.15, 0.2) is 16.5 Å². The zero-order chi connectivity index (χ0) is 12.0. The Morgan fingerprint density at radius 3 is 2.71 bits per heavy atom. The lowest BCUT2D eigenvalue weighted by Crippen LogP contribution is -2.00. The number of hydrogen-bond acceptors (Lipinski definition) is 4. The Hall–Kier alpha value is -1.60. The Balaban J connectivity index is 2.06. The molecule has 86 valence electrons. The van der Waals surface area contributed by atoms with Crippen LogP contribution < -0.4 is 0 Å². The quantitative estimate of drug-likeness (QED) is 0.811. The molecule has 0 aromatic carbocycles. The molecule has 0 amide bonds. The molecule has 0 N–H and O–H groups in total. The summed E-state index contributed by atoms with van der Waals surface area (Å²) in [6, 6.07) is 6.26. The van der Waals surface area contributed by atoms with Crippen LogP contribution in [0.1, 0.15) is 28.5 Å². The second-order valence-electron chi connectivity index (χ2n) is 4.53. The van der Waals surface area contributed by atoms with Crippen LogP contribution >= 0.6 is 11.3 Å². The largest absolute Gasteiger partial charge is 0.460 e. The molecule has 3 nitrogen and oxygen atoms in total. The van der Waals surface area contributed by atoms with Gasteiger partial charge in [0.1, 0.15) is 21.9 Å². The van der Waals surface area contributed by atoms with Gasteiger partial charge >= 0.3 is 0 Å². The lowest BCUT2D eigenvalue weighted by Gasteiger charge is -1.97. The van der Waals surface area contributed by atoms with Crippen LogP contribution in [0, 0.1) is 25.2 Å². The summed E-state index contributed by atoms with van der Waals surface area (Å²) in [7, 11) is 0. The van der Waals surface area contributed by atoms with Crippen LogP contribution in [0.5, 0.6) is 0 Å². The van der Waals surface area contributed by atoms with Gasteiger partial charge in [-0.2, -0.15) is 5.26 Å². The van der Waals surface area contributed by atoms with Crippen molar-refractivity contribution in [3.63, 3.8) is 0 Å². The fourth-order valence-electron chi connectivity index (χ4n) is 1.89. The molecular formula is C13H12N2OS. The zero-order valence-corrected chi connectivity index (χ0v) is 10.6. The molecule has 1 saturated carbocycles. The molecular weight excluding hydrogens is 232 g/mol. The third-order valence-electron chi connectivity index (χ3n) is 3.14. The Labute approximate surface area is 104 Å². The Morgan fingerprint density at radius 1 is 1.41 bits per heavy atom. The fourth-order valence-corrected chi connectivity index (χ4v) is 3.01. The SMILES string of the molecule is Cc1ccc(-c2nc(C3(C#N)CC3)sc2C)o1. The maximum Gasteiger partial charge on any atom is 0.153 e. The van der Waals surface area contributed by atoms with E-state index < -0.39 is 0 Å². The predicted molar refractivity (Wildman–Crippen MR) is 65.8 cm³/mol. The van der Waals surface area contributed by atoms with E-state index in [2.05, 4.69) is 11.1 Å². The molecule has 0 bridgehead atoms. The highest BCUT2D eigenvalue weighted by atomic mass is 32.1. The maximum atomic E-state index is 9.18. The van der Waals surface area contributed by atoms with Gasteiger partial charge in [-0.25, -0.2) is 4.98 Å². The average Bonchev–Trinajstić information content (AvgIpc) is 2.85. The van der Waals surface area contributed by atoms with Gasteiger partial charge in [0, 0.05) is 4.88 Å². The van der Waals surface area contributed by atoms with Gasteiger partial charge in [0.25, 0.3) is 0 Å². The number of furan rings is 1. The summed E-state index contributed by atoms with van der Waals surface area (Å²) in [5.74, 6) is 1.69. The monoisotopic (exact) mass is 244 g/mol. The van der Waals surface area contributed by atoms with E-state index in [1.807, 2.05) is 26.0 Å². The summed E-state index contributed by atoms with van der Waals surface area (Å²) in [6.45, 7) is 3.95. The van der Waals surface area contributed by atoms with Gasteiger partial charge in [-0.15, -0.1) is 11.3 Å². The molecule has 0 aliphatic heterocycles. The third kappa shape index (κ3) is 1.58. The van der Waals surface area contributed by atoms with Crippen LogP contribution in [0.4, 0.5) is 0 Å². The van der Waals surface area contributed by atoms with Crippen molar-refractivity contribution in [1.82, 2.24) is 4.98 Å². The minimum Gasteiger partial charge on any atom is -0.460 e. The molecule has 2 heterocycles. The molecule has 2 aromatic rings. The molecule has 0 unspecified atom stereocenters. The maximum absolute atomic E-state index is 9.18. The van der Waals surface area contributed by atoms with E-state index in [1.165, 1.54) is 0 Å². The molecule has 3 rings (SSSR count). The Morgan fingerprint density at radius 2 is 2.18 bits per heavy atom. The van der Waals surface area contributed by atoms with Crippen molar-refractivity contribution in [3.05, 3.63) is 27.8 Å². The zero-order valence-electron chi connectivity index (χ0n) is 9.78. The summed E-state index contributed by atoms with van der Waals surface area (Å²) in [4.78, 5) is 5.72. The first kappa shape index (κ1) is 10.5. The highest BCUT2D eigenvalue weighted by Crippen LogP contribution is 2.50. The number of aryl methyl sites for hydroxylation is 2. The highest BCUT2D eigenvalue weighted by molar-refractivity contribution is 7.12. The van der Waals surface area contributed by atoms with E-state index in [9.17, 15) is 5.26 Å². The van der Waals surface area contributed by atoms with Crippen LogP contribution in [0.2, 0.25) is 0 Å². The fraction of sp³-hybridized carbons (Fsp3) is 0.385. The van der Waals surface area contributed by atoms with Crippen LogP contribution in [-0.2, 0) is 5.41 Å². The first-order valence-corrected chi connectivity index (χ1v) is 6.42. The topological polar surface area (TPSA) is 49.8 Å². The lowest BCUT2D eigenvalue weighted by atomic mass is 10.1. The van der Waals surface area contributed by atoms with Crippen molar-refractivity contribution in [2.24, 2.45) is 0 Å². The molecule has 0 radical (unpaired) electrons. The van der Waals surface area contributed by atoms with E-state index in [0.29, 0.717) is 0 Å². The van der Waals surface area contributed by atoms with Gasteiger partial charge in [-0.1, -0.05) is 0 Å². The van der Waals surface area contributed by atoms with Gasteiger partial charge in [0.05, 0.1) is 6.07 Å². The van der Waals surface area contributed by atoms with Gasteiger partial charge in [0.15, 0.2) is 5.76 Å².